The molecular formula is C15H19N3O2S. The van der Waals surface area contributed by atoms with Crippen LogP contribution in [0.15, 0.2) is 24.3 Å². The first kappa shape index (κ1) is 15.4. The van der Waals surface area contributed by atoms with Gasteiger partial charge < -0.3 is 16.0 Å². The normalized spacial score (nSPS) is 18.1. The van der Waals surface area contributed by atoms with Crippen LogP contribution < -0.4 is 11.1 Å². The summed E-state index contributed by atoms with van der Waals surface area (Å²) in [4.78, 5) is 24.5. The number of amides is 1. The summed E-state index contributed by atoms with van der Waals surface area (Å²) in [5, 5.41) is 3.71. The number of hydrogen-bond acceptors (Lipinski definition) is 3. The maximum Gasteiger partial charge on any atom is 0.222 e. The minimum atomic E-state index is -0.270. The van der Waals surface area contributed by atoms with Gasteiger partial charge in [0.15, 0.2) is 10.9 Å². The molecule has 1 aromatic rings. The molecule has 0 aromatic heterocycles. The Morgan fingerprint density at radius 3 is 2.57 bits per heavy atom. The zero-order chi connectivity index (χ0) is 15.4. The third-order valence-electron chi connectivity index (χ3n) is 3.65. The molecule has 0 bridgehead atoms. The molecule has 6 heteroatoms. The minimum absolute atomic E-state index is 0.0319. The van der Waals surface area contributed by atoms with E-state index in [9.17, 15) is 9.59 Å². The van der Waals surface area contributed by atoms with E-state index in [0.717, 1.165) is 25.1 Å². The number of nitrogens with one attached hydrogen (secondary N) is 1. The number of carbonyl (C=O) groups excluding carboxylic acids is 2. The highest BCUT2D eigenvalue weighted by molar-refractivity contribution is 7.80. The summed E-state index contributed by atoms with van der Waals surface area (Å²) in [5.41, 5.74) is 6.86. The molecule has 1 aliphatic heterocycles. The van der Waals surface area contributed by atoms with Gasteiger partial charge in [-0.3, -0.25) is 9.59 Å². The van der Waals surface area contributed by atoms with E-state index in [4.69, 9.17) is 18.0 Å². The van der Waals surface area contributed by atoms with Gasteiger partial charge in [0.1, 0.15) is 0 Å². The number of carbonyl (C=O) groups is 2. The largest absolute Gasteiger partial charge is 0.369 e. The van der Waals surface area contributed by atoms with Crippen molar-refractivity contribution in [1.82, 2.24) is 4.90 Å². The average Bonchev–Trinajstić information content (AvgIpc) is 2.48. The lowest BCUT2D eigenvalue weighted by Gasteiger charge is -2.33. The first-order valence-corrected chi connectivity index (χ1v) is 7.34. The van der Waals surface area contributed by atoms with Crippen molar-refractivity contribution in [1.29, 1.82) is 0 Å². The maximum absolute atomic E-state index is 11.3. The quantitative estimate of drug-likeness (QED) is 0.658. The van der Waals surface area contributed by atoms with E-state index in [1.807, 2.05) is 17.0 Å². The van der Waals surface area contributed by atoms with Crippen molar-refractivity contribution in [2.45, 2.75) is 19.8 Å². The molecule has 1 aromatic carbocycles. The monoisotopic (exact) mass is 305 g/mol. The standard InChI is InChI=1S/C15H19N3O2S/c1-10(19)11-4-6-13(7-5-11)17-15(21)18-8-2-3-12(9-18)14(16)20/h4-7,12H,2-3,8-9H2,1H3,(H2,16,20)(H,17,21)/t12-/m1/s1. The maximum atomic E-state index is 11.3. The van der Waals surface area contributed by atoms with Crippen molar-refractivity contribution in [3.8, 4) is 0 Å². The van der Waals surface area contributed by atoms with Gasteiger partial charge in [-0.1, -0.05) is 0 Å². The lowest BCUT2D eigenvalue weighted by atomic mass is 9.98. The molecular weight excluding hydrogens is 286 g/mol. The van der Waals surface area contributed by atoms with Crippen LogP contribution in [0.2, 0.25) is 0 Å². The lowest BCUT2D eigenvalue weighted by molar-refractivity contribution is -0.122. The summed E-state index contributed by atoms with van der Waals surface area (Å²) in [6, 6.07) is 7.16. The fourth-order valence-corrected chi connectivity index (χ4v) is 2.67. The van der Waals surface area contributed by atoms with Gasteiger partial charge in [0, 0.05) is 24.3 Å². The summed E-state index contributed by atoms with van der Waals surface area (Å²) < 4.78 is 0. The predicted molar refractivity (Wildman–Crippen MR) is 86.2 cm³/mol. The third-order valence-corrected chi connectivity index (χ3v) is 4.01. The number of hydrogen-bond donors (Lipinski definition) is 2. The van der Waals surface area contributed by atoms with Crippen LogP contribution in [-0.2, 0) is 4.79 Å². The van der Waals surface area contributed by atoms with E-state index >= 15 is 0 Å². The number of nitrogens with two attached hydrogens (primary N) is 1. The van der Waals surface area contributed by atoms with E-state index in [0.29, 0.717) is 17.2 Å². The number of Topliss-reactive ketones (excluding diaryl/α,β-unsaturated/α-hetero) is 1. The molecule has 5 nitrogen and oxygen atoms in total. The number of nitrogens with zero attached hydrogens (tertiary/aromatic N) is 1. The molecule has 1 aliphatic rings. The lowest BCUT2D eigenvalue weighted by Crippen LogP contribution is -2.45. The van der Waals surface area contributed by atoms with Gasteiger partial charge in [-0.2, -0.15) is 0 Å². The number of piperidine rings is 1. The van der Waals surface area contributed by atoms with Gasteiger partial charge in [0.25, 0.3) is 0 Å². The molecule has 112 valence electrons. The summed E-state index contributed by atoms with van der Waals surface area (Å²) in [7, 11) is 0. The van der Waals surface area contributed by atoms with Crippen LogP contribution in [0.5, 0.6) is 0 Å². The Morgan fingerprint density at radius 2 is 2.00 bits per heavy atom. The predicted octanol–water partition coefficient (Wildman–Crippen LogP) is 1.78. The Kier molecular flexibility index (Phi) is 4.90. The van der Waals surface area contributed by atoms with Gasteiger partial charge >= 0.3 is 0 Å². The Morgan fingerprint density at radius 1 is 1.33 bits per heavy atom. The smallest absolute Gasteiger partial charge is 0.222 e. The van der Waals surface area contributed by atoms with Crippen molar-refractivity contribution in [2.24, 2.45) is 11.7 Å². The van der Waals surface area contributed by atoms with E-state index < -0.39 is 0 Å². The fourth-order valence-electron chi connectivity index (χ4n) is 2.38. The molecule has 21 heavy (non-hydrogen) atoms. The number of thiocarbonyl (C=S) groups is 1. The number of rotatable bonds is 3. The van der Waals surface area contributed by atoms with Crippen LogP contribution >= 0.6 is 12.2 Å². The second-order valence-corrected chi connectivity index (χ2v) is 5.64. The van der Waals surface area contributed by atoms with Gasteiger partial charge in [0.2, 0.25) is 5.91 Å². The van der Waals surface area contributed by atoms with E-state index in [1.54, 1.807) is 12.1 Å². The molecule has 0 radical (unpaired) electrons. The Bertz CT molecular complexity index is 557. The zero-order valence-corrected chi connectivity index (χ0v) is 12.8. The molecule has 0 aliphatic carbocycles. The second-order valence-electron chi connectivity index (χ2n) is 5.25. The second kappa shape index (κ2) is 6.67. The van der Waals surface area contributed by atoms with E-state index in [-0.39, 0.29) is 17.6 Å². The highest BCUT2D eigenvalue weighted by Crippen LogP contribution is 2.18. The van der Waals surface area contributed by atoms with Crippen LogP contribution in [0, 0.1) is 5.92 Å². The van der Waals surface area contributed by atoms with Crippen molar-refractivity contribution in [3.05, 3.63) is 29.8 Å². The highest BCUT2D eigenvalue weighted by Gasteiger charge is 2.25. The summed E-state index contributed by atoms with van der Waals surface area (Å²) >= 11 is 5.38. The van der Waals surface area contributed by atoms with Crippen LogP contribution in [0.25, 0.3) is 0 Å². The van der Waals surface area contributed by atoms with Gasteiger partial charge in [0.05, 0.1) is 5.92 Å². The van der Waals surface area contributed by atoms with Crippen LogP contribution in [-0.4, -0.2) is 34.8 Å². The summed E-state index contributed by atoms with van der Waals surface area (Å²) in [6.45, 7) is 2.92. The first-order chi connectivity index (χ1) is 9.97. The van der Waals surface area contributed by atoms with E-state index in [2.05, 4.69) is 5.32 Å². The number of likely N-dealkylation sites (tertiary alicyclic amines) is 1. The Hall–Kier alpha value is -1.95. The van der Waals surface area contributed by atoms with Gasteiger partial charge in [-0.05, 0) is 56.2 Å². The molecule has 3 N–H and O–H groups in total. The minimum Gasteiger partial charge on any atom is -0.369 e. The van der Waals surface area contributed by atoms with Crippen LogP contribution in [0.3, 0.4) is 0 Å². The number of primary amides is 1. The molecule has 1 heterocycles. The van der Waals surface area contributed by atoms with Gasteiger partial charge in [-0.25, -0.2) is 0 Å². The van der Waals surface area contributed by atoms with Gasteiger partial charge in [-0.15, -0.1) is 0 Å². The molecule has 1 fully saturated rings. The SMILES string of the molecule is CC(=O)c1ccc(NC(=S)N2CCC[C@@H](C(N)=O)C2)cc1. The van der Waals surface area contributed by atoms with Crippen molar-refractivity contribution in [3.63, 3.8) is 0 Å². The molecule has 2 rings (SSSR count). The Balaban J connectivity index is 1.97. The Labute approximate surface area is 129 Å². The average molecular weight is 305 g/mol. The van der Waals surface area contributed by atoms with Crippen LogP contribution in [0.4, 0.5) is 5.69 Å². The molecule has 0 saturated carbocycles. The van der Waals surface area contributed by atoms with Crippen molar-refractivity contribution >= 4 is 34.7 Å². The number of ketones is 1. The van der Waals surface area contributed by atoms with E-state index in [1.165, 1.54) is 6.92 Å². The summed E-state index contributed by atoms with van der Waals surface area (Å²) in [6.07, 6.45) is 1.72. The molecule has 1 saturated heterocycles. The molecule has 1 amide bonds. The number of benzene rings is 1. The fraction of sp³-hybridized carbons (Fsp3) is 0.400. The highest BCUT2D eigenvalue weighted by atomic mass is 32.1. The number of anilines is 1. The van der Waals surface area contributed by atoms with Crippen molar-refractivity contribution in [2.75, 3.05) is 18.4 Å². The van der Waals surface area contributed by atoms with Crippen molar-refractivity contribution < 1.29 is 9.59 Å². The molecule has 0 spiro atoms. The third kappa shape index (κ3) is 4.01. The summed E-state index contributed by atoms with van der Waals surface area (Å²) in [5.74, 6) is -0.378. The first-order valence-electron chi connectivity index (χ1n) is 6.93. The molecule has 1 atom stereocenters. The molecule has 0 unspecified atom stereocenters. The van der Waals surface area contributed by atoms with Crippen LogP contribution in [0.1, 0.15) is 30.1 Å². The topological polar surface area (TPSA) is 75.4 Å². The zero-order valence-electron chi connectivity index (χ0n) is 12.0.